The summed E-state index contributed by atoms with van der Waals surface area (Å²) in [6, 6.07) is 17.5. The van der Waals surface area contributed by atoms with E-state index in [2.05, 4.69) is 69.3 Å². The van der Waals surface area contributed by atoms with Gasteiger partial charge in [-0.25, -0.2) is 0 Å². The summed E-state index contributed by atoms with van der Waals surface area (Å²) in [6.07, 6.45) is 0. The number of benzene rings is 3. The minimum Gasteiger partial charge on any atom is -0.495 e. The third-order valence-corrected chi connectivity index (χ3v) is 4.78. The number of hydrogen-bond donors (Lipinski definition) is 0. The van der Waals surface area contributed by atoms with E-state index in [-0.39, 0.29) is 0 Å². The first-order chi connectivity index (χ1) is 11.1. The zero-order valence-corrected chi connectivity index (χ0v) is 14.0. The van der Waals surface area contributed by atoms with Crippen LogP contribution in [0.2, 0.25) is 0 Å². The van der Waals surface area contributed by atoms with Crippen LogP contribution >= 0.6 is 0 Å². The third-order valence-electron chi connectivity index (χ3n) is 4.78. The monoisotopic (exact) mass is 300 g/mol. The second kappa shape index (κ2) is 4.99. The second-order valence-electron chi connectivity index (χ2n) is 6.39. The first kappa shape index (κ1) is 14.1. The normalized spacial score (nSPS) is 13.0. The summed E-state index contributed by atoms with van der Waals surface area (Å²) in [4.78, 5) is 0. The molecule has 0 aliphatic heterocycles. The molecular formula is C22H20O. The second-order valence-corrected chi connectivity index (χ2v) is 6.39. The summed E-state index contributed by atoms with van der Waals surface area (Å²) < 4.78 is 5.87. The molecule has 23 heavy (non-hydrogen) atoms. The Hall–Kier alpha value is -2.54. The summed E-state index contributed by atoms with van der Waals surface area (Å²) in [6.45, 7) is 6.54. The zero-order chi connectivity index (χ0) is 16.1. The molecule has 0 atom stereocenters. The van der Waals surface area contributed by atoms with E-state index >= 15 is 0 Å². The molecule has 0 unspecified atom stereocenters. The van der Waals surface area contributed by atoms with Crippen LogP contribution in [0.15, 0.2) is 48.5 Å². The summed E-state index contributed by atoms with van der Waals surface area (Å²) in [7, 11) is 1.78. The highest BCUT2D eigenvalue weighted by molar-refractivity contribution is 6.16. The number of rotatable bonds is 2. The Morgan fingerprint density at radius 1 is 0.783 bits per heavy atom. The van der Waals surface area contributed by atoms with Crippen molar-refractivity contribution in [2.75, 3.05) is 7.11 Å². The molecule has 0 saturated heterocycles. The summed E-state index contributed by atoms with van der Waals surface area (Å²) in [5.74, 6) is 0.992. The molecule has 4 rings (SSSR count). The lowest BCUT2D eigenvalue weighted by Crippen LogP contribution is -1.97. The number of aryl methyl sites for hydroxylation is 3. The summed E-state index contributed by atoms with van der Waals surface area (Å²) >= 11 is 0. The fraction of sp³-hybridized carbons (Fsp3) is 0.182. The number of hydrogen-bond acceptors (Lipinski definition) is 1. The Morgan fingerprint density at radius 3 is 2.00 bits per heavy atom. The lowest BCUT2D eigenvalue weighted by Gasteiger charge is -2.15. The predicted molar refractivity (Wildman–Crippen MR) is 97.5 cm³/mol. The lowest BCUT2D eigenvalue weighted by atomic mass is 9.90. The molecule has 0 aromatic heterocycles. The Bertz CT molecular complexity index is 948. The number of ether oxygens (including phenoxy) is 1. The van der Waals surface area contributed by atoms with E-state index in [0.29, 0.717) is 0 Å². The molecule has 0 spiro atoms. The average Bonchev–Trinajstić information content (AvgIpc) is 2.83. The molecule has 1 nitrogen and oxygen atoms in total. The third kappa shape index (κ3) is 1.93. The molecular weight excluding hydrogens is 280 g/mol. The van der Waals surface area contributed by atoms with Crippen LogP contribution in [-0.2, 0) is 4.74 Å². The van der Waals surface area contributed by atoms with Crippen LogP contribution in [0, 0.1) is 20.8 Å². The van der Waals surface area contributed by atoms with Gasteiger partial charge < -0.3 is 4.74 Å². The summed E-state index contributed by atoms with van der Waals surface area (Å²) in [5.41, 5.74) is 8.93. The maximum Gasteiger partial charge on any atom is 0.135 e. The first-order valence-corrected chi connectivity index (χ1v) is 8.01. The van der Waals surface area contributed by atoms with Crippen LogP contribution in [0.3, 0.4) is 0 Å². The molecule has 3 aromatic carbocycles. The molecule has 0 heterocycles. The average molecular weight is 300 g/mol. The van der Waals surface area contributed by atoms with E-state index in [0.717, 1.165) is 5.76 Å². The van der Waals surface area contributed by atoms with Crippen molar-refractivity contribution in [3.63, 3.8) is 0 Å². The van der Waals surface area contributed by atoms with Gasteiger partial charge in [0, 0.05) is 16.5 Å². The van der Waals surface area contributed by atoms with Gasteiger partial charge in [0.2, 0.25) is 0 Å². The van der Waals surface area contributed by atoms with Gasteiger partial charge in [-0.3, -0.25) is 0 Å². The van der Waals surface area contributed by atoms with Crippen molar-refractivity contribution >= 4 is 22.1 Å². The molecule has 0 fully saturated rings. The van der Waals surface area contributed by atoms with E-state index < -0.39 is 0 Å². The van der Waals surface area contributed by atoms with Crippen LogP contribution < -0.4 is 0 Å². The van der Waals surface area contributed by atoms with Crippen molar-refractivity contribution in [2.45, 2.75) is 20.8 Å². The van der Waals surface area contributed by atoms with Gasteiger partial charge in [-0.05, 0) is 48.4 Å². The first-order valence-electron chi connectivity index (χ1n) is 8.01. The lowest BCUT2D eigenvalue weighted by molar-refractivity contribution is 0.373. The molecule has 0 radical (unpaired) electrons. The van der Waals surface area contributed by atoms with E-state index in [1.54, 1.807) is 7.11 Å². The molecule has 0 N–H and O–H groups in total. The van der Waals surface area contributed by atoms with Gasteiger partial charge in [-0.2, -0.15) is 0 Å². The highest BCUT2D eigenvalue weighted by Gasteiger charge is 2.27. The molecule has 0 saturated carbocycles. The Kier molecular flexibility index (Phi) is 3.05. The van der Waals surface area contributed by atoms with Gasteiger partial charge >= 0.3 is 0 Å². The minimum absolute atomic E-state index is 0.992. The Balaban J connectivity index is 2.12. The molecule has 0 amide bonds. The largest absolute Gasteiger partial charge is 0.495 e. The molecule has 114 valence electrons. The van der Waals surface area contributed by atoms with Gasteiger partial charge in [-0.15, -0.1) is 0 Å². The zero-order valence-electron chi connectivity index (χ0n) is 14.0. The van der Waals surface area contributed by atoms with Crippen molar-refractivity contribution < 1.29 is 4.74 Å². The minimum atomic E-state index is 0.992. The topological polar surface area (TPSA) is 9.23 Å². The van der Waals surface area contributed by atoms with E-state index in [1.165, 1.54) is 49.7 Å². The maximum absolute atomic E-state index is 5.87. The van der Waals surface area contributed by atoms with Gasteiger partial charge in [0.1, 0.15) is 5.76 Å². The van der Waals surface area contributed by atoms with E-state index in [1.807, 2.05) is 0 Å². The van der Waals surface area contributed by atoms with E-state index in [4.69, 9.17) is 4.74 Å². The van der Waals surface area contributed by atoms with Gasteiger partial charge in [-0.1, -0.05) is 54.1 Å². The maximum atomic E-state index is 5.87. The van der Waals surface area contributed by atoms with Crippen molar-refractivity contribution in [2.24, 2.45) is 0 Å². The van der Waals surface area contributed by atoms with Crippen LogP contribution in [0.1, 0.15) is 33.4 Å². The molecule has 1 aliphatic rings. The van der Waals surface area contributed by atoms with Crippen LogP contribution in [-0.4, -0.2) is 7.11 Å². The molecule has 0 bridgehead atoms. The standard InChI is InChI=1S/C22H20O/c1-13-11-14(2)19(15(3)12-13)21-17-9-5-7-16-8-6-10-18(20(16)17)22(21)23-4/h5-12H,1-4H3. The van der Waals surface area contributed by atoms with Crippen molar-refractivity contribution in [1.82, 2.24) is 0 Å². The fourth-order valence-corrected chi connectivity index (χ4v) is 4.03. The van der Waals surface area contributed by atoms with Gasteiger partial charge in [0.15, 0.2) is 0 Å². The fourth-order valence-electron chi connectivity index (χ4n) is 4.03. The number of methoxy groups -OCH3 is 1. The van der Waals surface area contributed by atoms with Crippen molar-refractivity contribution in [3.8, 4) is 0 Å². The van der Waals surface area contributed by atoms with Gasteiger partial charge in [0.05, 0.1) is 7.11 Å². The van der Waals surface area contributed by atoms with E-state index in [9.17, 15) is 0 Å². The Labute approximate surface area is 137 Å². The van der Waals surface area contributed by atoms with Crippen molar-refractivity contribution in [3.05, 3.63) is 81.9 Å². The Morgan fingerprint density at radius 2 is 1.39 bits per heavy atom. The van der Waals surface area contributed by atoms with Crippen molar-refractivity contribution in [1.29, 1.82) is 0 Å². The molecule has 1 aliphatic carbocycles. The smallest absolute Gasteiger partial charge is 0.135 e. The highest BCUT2D eigenvalue weighted by Crippen LogP contribution is 2.46. The highest BCUT2D eigenvalue weighted by atomic mass is 16.5. The SMILES string of the molecule is COC1=C(c2c(C)cc(C)cc2C)c2cccc3cccc1c23. The molecule has 1 heteroatoms. The van der Waals surface area contributed by atoms with Gasteiger partial charge in [0.25, 0.3) is 0 Å². The van der Waals surface area contributed by atoms with Crippen LogP contribution in [0.4, 0.5) is 0 Å². The van der Waals surface area contributed by atoms with Crippen LogP contribution in [0.5, 0.6) is 0 Å². The molecule has 3 aromatic rings. The quantitative estimate of drug-likeness (QED) is 0.595. The van der Waals surface area contributed by atoms with Crippen LogP contribution in [0.25, 0.3) is 22.1 Å². The predicted octanol–water partition coefficient (Wildman–Crippen LogP) is 5.64. The summed E-state index contributed by atoms with van der Waals surface area (Å²) in [5, 5.41) is 2.58.